The topological polar surface area (TPSA) is 133 Å². The zero-order valence-corrected chi connectivity index (χ0v) is 15.6. The second-order valence-electron chi connectivity index (χ2n) is 6.55. The van der Waals surface area contributed by atoms with Crippen molar-refractivity contribution in [1.82, 2.24) is 19.5 Å². The van der Waals surface area contributed by atoms with Gasteiger partial charge in [-0.25, -0.2) is 9.97 Å². The quantitative estimate of drug-likeness (QED) is 0.213. The summed E-state index contributed by atoms with van der Waals surface area (Å²) in [7, 11) is 0. The highest BCUT2D eigenvalue weighted by molar-refractivity contribution is 7.98. The van der Waals surface area contributed by atoms with Crippen LogP contribution in [0.2, 0.25) is 0 Å². The normalized spacial score (nSPS) is 18.8. The minimum atomic E-state index is -0.420. The van der Waals surface area contributed by atoms with Crippen molar-refractivity contribution in [2.75, 3.05) is 12.3 Å². The van der Waals surface area contributed by atoms with E-state index in [1.807, 2.05) is 16.7 Å². The van der Waals surface area contributed by atoms with Crippen LogP contribution in [0.1, 0.15) is 18.0 Å². The van der Waals surface area contributed by atoms with Crippen molar-refractivity contribution in [2.45, 2.75) is 23.2 Å². The lowest BCUT2D eigenvalue weighted by atomic mass is 10.1. The summed E-state index contributed by atoms with van der Waals surface area (Å²) >= 11 is 1.46. The molecule has 2 atom stereocenters. The summed E-state index contributed by atoms with van der Waals surface area (Å²) in [5, 5.41) is 20.8. The first-order chi connectivity index (χ1) is 13.5. The zero-order chi connectivity index (χ0) is 19.7. The van der Waals surface area contributed by atoms with E-state index in [0.29, 0.717) is 21.9 Å². The number of anilines is 1. The minimum absolute atomic E-state index is 0.0620. The number of nitro benzene ring substituents is 1. The molecule has 0 saturated carbocycles. The fraction of sp³-hybridized carbons (Fsp3) is 0.278. The molecule has 0 amide bonds. The summed E-state index contributed by atoms with van der Waals surface area (Å²) in [5.41, 5.74) is 8.24. The lowest BCUT2D eigenvalue weighted by Crippen LogP contribution is -2.08. The predicted molar refractivity (Wildman–Crippen MR) is 106 cm³/mol. The number of non-ortho nitro benzene ring substituents is 1. The van der Waals surface area contributed by atoms with Gasteiger partial charge in [0.25, 0.3) is 5.69 Å². The Kier molecular flexibility index (Phi) is 4.97. The highest BCUT2D eigenvalue weighted by Gasteiger charge is 2.23. The Balaban J connectivity index is 1.58. The fourth-order valence-corrected chi connectivity index (χ4v) is 4.14. The first-order valence-corrected chi connectivity index (χ1v) is 9.69. The van der Waals surface area contributed by atoms with Gasteiger partial charge in [-0.2, -0.15) is 4.98 Å². The van der Waals surface area contributed by atoms with Crippen molar-refractivity contribution >= 4 is 34.6 Å². The van der Waals surface area contributed by atoms with Crippen LogP contribution < -0.4 is 5.73 Å². The highest BCUT2D eigenvalue weighted by atomic mass is 32.2. The van der Waals surface area contributed by atoms with Crippen LogP contribution in [0.4, 0.5) is 11.6 Å². The predicted octanol–water partition coefficient (Wildman–Crippen LogP) is 2.72. The monoisotopic (exact) mass is 398 g/mol. The van der Waals surface area contributed by atoms with Crippen LogP contribution in [0.25, 0.3) is 11.2 Å². The maximum absolute atomic E-state index is 10.8. The molecule has 10 heteroatoms. The molecule has 3 N–H and O–H groups in total. The number of aromatic nitrogens is 4. The molecule has 1 aliphatic rings. The molecular formula is C18H18N6O3S. The summed E-state index contributed by atoms with van der Waals surface area (Å²) in [4.78, 5) is 23.5. The van der Waals surface area contributed by atoms with Crippen molar-refractivity contribution in [3.05, 3.63) is 58.4 Å². The molecule has 2 aromatic heterocycles. The first-order valence-electron chi connectivity index (χ1n) is 8.70. The number of hydrogen-bond acceptors (Lipinski definition) is 8. The van der Waals surface area contributed by atoms with Gasteiger partial charge < -0.3 is 15.4 Å². The van der Waals surface area contributed by atoms with Gasteiger partial charge in [-0.1, -0.05) is 36.0 Å². The van der Waals surface area contributed by atoms with E-state index in [9.17, 15) is 15.2 Å². The Bertz CT molecular complexity index is 1050. The molecular weight excluding hydrogens is 380 g/mol. The number of thioether (sulfide) groups is 1. The van der Waals surface area contributed by atoms with E-state index >= 15 is 0 Å². The van der Waals surface area contributed by atoms with Gasteiger partial charge in [-0.15, -0.1) is 0 Å². The Morgan fingerprint density at radius 1 is 1.29 bits per heavy atom. The lowest BCUT2D eigenvalue weighted by Gasteiger charge is -2.13. The van der Waals surface area contributed by atoms with Crippen molar-refractivity contribution in [3.63, 3.8) is 0 Å². The number of imidazole rings is 1. The molecule has 0 aliphatic heterocycles. The average Bonchev–Trinajstić information content (AvgIpc) is 3.32. The molecule has 0 saturated heterocycles. The van der Waals surface area contributed by atoms with Crippen LogP contribution >= 0.6 is 11.8 Å². The number of hydrogen-bond donors (Lipinski definition) is 2. The number of nitrogens with zero attached hydrogens (tertiary/aromatic N) is 5. The number of aliphatic hydroxyl groups is 1. The van der Waals surface area contributed by atoms with E-state index in [1.54, 1.807) is 18.5 Å². The molecule has 0 unspecified atom stereocenters. The Morgan fingerprint density at radius 3 is 2.75 bits per heavy atom. The van der Waals surface area contributed by atoms with E-state index in [2.05, 4.69) is 15.0 Å². The maximum atomic E-state index is 10.8. The van der Waals surface area contributed by atoms with Crippen LogP contribution in [-0.4, -0.2) is 36.2 Å². The second kappa shape index (κ2) is 7.56. The molecule has 2 heterocycles. The number of aliphatic hydroxyl groups excluding tert-OH is 1. The number of nitro groups is 1. The summed E-state index contributed by atoms with van der Waals surface area (Å²) < 4.78 is 1.95. The van der Waals surface area contributed by atoms with Gasteiger partial charge in [0, 0.05) is 30.4 Å². The van der Waals surface area contributed by atoms with Crippen LogP contribution in [0, 0.1) is 16.0 Å². The molecule has 28 heavy (non-hydrogen) atoms. The van der Waals surface area contributed by atoms with Gasteiger partial charge in [0.1, 0.15) is 10.5 Å². The van der Waals surface area contributed by atoms with Gasteiger partial charge in [-0.3, -0.25) is 10.1 Å². The molecule has 0 radical (unpaired) electrons. The van der Waals surface area contributed by atoms with E-state index in [0.717, 1.165) is 12.0 Å². The van der Waals surface area contributed by atoms with Crippen LogP contribution in [0.15, 0.2) is 47.8 Å². The standard InChI is InChI=1S/C18H18N6O3S/c19-18-21-16-15(20-10-23(16)14-6-3-12(7-14)8-25)17(22-18)28-9-11-1-4-13(5-2-11)24(26)27/h1-6,10,12,14,25H,7-9H2,(H2,19,21,22)/t12-,14+/m1/s1. The molecule has 9 nitrogen and oxygen atoms in total. The Morgan fingerprint density at radius 2 is 2.07 bits per heavy atom. The van der Waals surface area contributed by atoms with Gasteiger partial charge in [0.2, 0.25) is 5.95 Å². The van der Waals surface area contributed by atoms with Crippen LogP contribution in [-0.2, 0) is 5.75 Å². The van der Waals surface area contributed by atoms with Crippen LogP contribution in [0.5, 0.6) is 0 Å². The molecule has 4 rings (SSSR count). The van der Waals surface area contributed by atoms with Crippen molar-refractivity contribution in [3.8, 4) is 0 Å². The maximum Gasteiger partial charge on any atom is 0.269 e. The van der Waals surface area contributed by atoms with E-state index < -0.39 is 4.92 Å². The smallest absolute Gasteiger partial charge is 0.269 e. The largest absolute Gasteiger partial charge is 0.396 e. The van der Waals surface area contributed by atoms with Gasteiger partial charge in [-0.05, 0) is 12.0 Å². The number of nitrogen functional groups attached to an aromatic ring is 1. The first kappa shape index (κ1) is 18.4. The molecule has 1 aliphatic carbocycles. The number of nitrogens with two attached hydrogens (primary N) is 1. The summed E-state index contributed by atoms with van der Waals surface area (Å²) in [6.07, 6.45) is 6.57. The third-order valence-corrected chi connectivity index (χ3v) is 5.71. The summed E-state index contributed by atoms with van der Waals surface area (Å²) in [6, 6.07) is 6.49. The third kappa shape index (κ3) is 3.56. The van der Waals surface area contributed by atoms with Crippen molar-refractivity contribution in [2.24, 2.45) is 5.92 Å². The number of benzene rings is 1. The number of allylic oxidation sites excluding steroid dienone is 1. The Hall–Kier alpha value is -2.98. The Labute approximate surface area is 164 Å². The number of rotatable bonds is 6. The van der Waals surface area contributed by atoms with E-state index in [4.69, 9.17) is 5.73 Å². The van der Waals surface area contributed by atoms with E-state index in [1.165, 1.54) is 23.9 Å². The summed E-state index contributed by atoms with van der Waals surface area (Å²) in [6.45, 7) is 0.118. The van der Waals surface area contributed by atoms with Crippen molar-refractivity contribution in [1.29, 1.82) is 0 Å². The molecule has 1 aromatic carbocycles. The van der Waals surface area contributed by atoms with Gasteiger partial charge >= 0.3 is 0 Å². The lowest BCUT2D eigenvalue weighted by molar-refractivity contribution is -0.384. The zero-order valence-electron chi connectivity index (χ0n) is 14.8. The number of fused-ring (bicyclic) bond motifs is 1. The van der Waals surface area contributed by atoms with Gasteiger partial charge in [0.15, 0.2) is 5.65 Å². The molecule has 0 spiro atoms. The average molecular weight is 398 g/mol. The van der Waals surface area contributed by atoms with Crippen molar-refractivity contribution < 1.29 is 10.0 Å². The SMILES string of the molecule is Nc1nc(SCc2ccc([N+](=O)[O-])cc2)c2ncn([C@H]3C=C[C@@H](CO)C3)c2n1. The molecule has 144 valence electrons. The molecule has 0 bridgehead atoms. The van der Waals surface area contributed by atoms with Crippen LogP contribution in [0.3, 0.4) is 0 Å². The summed E-state index contributed by atoms with van der Waals surface area (Å²) in [5.74, 6) is 0.880. The molecule has 3 aromatic rings. The minimum Gasteiger partial charge on any atom is -0.396 e. The third-order valence-electron chi connectivity index (χ3n) is 4.67. The highest BCUT2D eigenvalue weighted by Crippen LogP contribution is 2.33. The fourth-order valence-electron chi connectivity index (χ4n) is 3.21. The van der Waals surface area contributed by atoms with E-state index in [-0.39, 0.29) is 30.2 Å². The van der Waals surface area contributed by atoms with Gasteiger partial charge in [0.05, 0.1) is 17.3 Å². The molecule has 0 fully saturated rings. The second-order valence-corrected chi connectivity index (χ2v) is 7.52.